The van der Waals surface area contributed by atoms with Gasteiger partial charge in [-0.25, -0.2) is 0 Å². The predicted octanol–water partition coefficient (Wildman–Crippen LogP) is 2.93. The van der Waals surface area contributed by atoms with Gasteiger partial charge in [0.15, 0.2) is 0 Å². The second kappa shape index (κ2) is 2.83. The molecule has 1 aromatic rings. The second-order valence-electron chi connectivity index (χ2n) is 4.62. The van der Waals surface area contributed by atoms with Crippen molar-refractivity contribution < 1.29 is 0 Å². The molecule has 3 rings (SSSR count). The van der Waals surface area contributed by atoms with Crippen LogP contribution < -0.4 is 5.73 Å². The first-order chi connectivity index (χ1) is 6.77. The highest BCUT2D eigenvalue weighted by Crippen LogP contribution is 2.62. The summed E-state index contributed by atoms with van der Waals surface area (Å²) in [5, 5.41) is 0. The van der Waals surface area contributed by atoms with Gasteiger partial charge in [-0.3, -0.25) is 0 Å². The van der Waals surface area contributed by atoms with Crippen LogP contribution in [0.4, 0.5) is 0 Å². The average molecular weight is 252 g/mol. The first kappa shape index (κ1) is 8.93. The van der Waals surface area contributed by atoms with Crippen LogP contribution in [0.25, 0.3) is 0 Å². The van der Waals surface area contributed by atoms with Crippen LogP contribution in [0.2, 0.25) is 0 Å². The molecular weight excluding hydrogens is 238 g/mol. The van der Waals surface area contributed by atoms with E-state index in [-0.39, 0.29) is 0 Å². The summed E-state index contributed by atoms with van der Waals surface area (Å²) in [5.74, 6) is 0.602. The van der Waals surface area contributed by atoms with Crippen LogP contribution in [-0.4, -0.2) is 6.54 Å². The Morgan fingerprint density at radius 2 is 2.21 bits per heavy atom. The first-order valence-electron chi connectivity index (χ1n) is 5.26. The van der Waals surface area contributed by atoms with Gasteiger partial charge in [-0.1, -0.05) is 28.1 Å². The number of benzene rings is 1. The second-order valence-corrected chi connectivity index (χ2v) is 5.48. The van der Waals surface area contributed by atoms with Gasteiger partial charge in [-0.2, -0.15) is 0 Å². The lowest BCUT2D eigenvalue weighted by Crippen LogP contribution is -2.10. The molecule has 14 heavy (non-hydrogen) atoms. The Bertz CT molecular complexity index is 382. The highest BCUT2D eigenvalue weighted by atomic mass is 79.9. The topological polar surface area (TPSA) is 26.0 Å². The highest BCUT2D eigenvalue weighted by Gasteiger charge is 2.52. The van der Waals surface area contributed by atoms with Gasteiger partial charge in [0.05, 0.1) is 0 Å². The summed E-state index contributed by atoms with van der Waals surface area (Å²) >= 11 is 3.68. The summed E-state index contributed by atoms with van der Waals surface area (Å²) in [6.45, 7) is 0.797. The van der Waals surface area contributed by atoms with Crippen LogP contribution in [0.5, 0.6) is 0 Å². The standard InChI is InChI=1S/C12H14BrN/c13-10-3-1-2-9-8(7-14)6-12(4-5-12)11(9)10/h1-3,8H,4-7,14H2. The number of fused-ring (bicyclic) bond motifs is 2. The van der Waals surface area contributed by atoms with Crippen LogP contribution >= 0.6 is 15.9 Å². The summed E-state index contributed by atoms with van der Waals surface area (Å²) in [5.41, 5.74) is 9.41. The van der Waals surface area contributed by atoms with Gasteiger partial charge >= 0.3 is 0 Å². The molecule has 2 aliphatic rings. The lowest BCUT2D eigenvalue weighted by molar-refractivity contribution is 0.586. The van der Waals surface area contributed by atoms with Crippen molar-refractivity contribution in [1.29, 1.82) is 0 Å². The van der Waals surface area contributed by atoms with Crippen molar-refractivity contribution in [3.63, 3.8) is 0 Å². The molecule has 0 aliphatic heterocycles. The van der Waals surface area contributed by atoms with Crippen molar-refractivity contribution in [2.24, 2.45) is 5.73 Å². The van der Waals surface area contributed by atoms with Gasteiger partial charge in [0.1, 0.15) is 0 Å². The maximum atomic E-state index is 5.83. The van der Waals surface area contributed by atoms with E-state index in [1.165, 1.54) is 29.3 Å². The largest absolute Gasteiger partial charge is 0.330 e. The maximum absolute atomic E-state index is 5.83. The quantitative estimate of drug-likeness (QED) is 0.817. The molecule has 1 saturated carbocycles. The van der Waals surface area contributed by atoms with E-state index in [9.17, 15) is 0 Å². The lowest BCUT2D eigenvalue weighted by Gasteiger charge is -2.09. The van der Waals surface area contributed by atoms with E-state index in [0.717, 1.165) is 6.54 Å². The molecule has 2 aliphatic carbocycles. The average Bonchev–Trinajstić information content (AvgIpc) is 2.85. The third kappa shape index (κ3) is 1.04. The summed E-state index contributed by atoms with van der Waals surface area (Å²) in [7, 11) is 0. The zero-order valence-electron chi connectivity index (χ0n) is 8.09. The number of nitrogens with two attached hydrogens (primary N) is 1. The Balaban J connectivity index is 2.18. The van der Waals surface area contributed by atoms with Crippen molar-refractivity contribution in [2.45, 2.75) is 30.6 Å². The highest BCUT2D eigenvalue weighted by molar-refractivity contribution is 9.10. The van der Waals surface area contributed by atoms with Crippen LogP contribution in [0, 0.1) is 0 Å². The molecule has 0 bridgehead atoms. The molecule has 0 radical (unpaired) electrons. The van der Waals surface area contributed by atoms with Crippen molar-refractivity contribution >= 4 is 15.9 Å². The molecule has 1 unspecified atom stereocenters. The SMILES string of the molecule is NCC1CC2(CC2)c2c(Br)cccc21. The van der Waals surface area contributed by atoms with E-state index < -0.39 is 0 Å². The van der Waals surface area contributed by atoms with Gasteiger partial charge in [0, 0.05) is 4.47 Å². The summed E-state index contributed by atoms with van der Waals surface area (Å²) in [4.78, 5) is 0. The fraction of sp³-hybridized carbons (Fsp3) is 0.500. The predicted molar refractivity (Wildman–Crippen MR) is 61.5 cm³/mol. The summed E-state index contributed by atoms with van der Waals surface area (Å²) < 4.78 is 1.29. The van der Waals surface area contributed by atoms with E-state index in [1.807, 2.05) is 0 Å². The third-order valence-electron chi connectivity index (χ3n) is 3.79. The van der Waals surface area contributed by atoms with Crippen LogP contribution in [0.1, 0.15) is 36.3 Å². The normalized spacial score (nSPS) is 26.6. The summed E-state index contributed by atoms with van der Waals surface area (Å²) in [6, 6.07) is 6.55. The van der Waals surface area contributed by atoms with Crippen molar-refractivity contribution in [1.82, 2.24) is 0 Å². The number of halogens is 1. The molecule has 0 aromatic heterocycles. The van der Waals surface area contributed by atoms with Gasteiger partial charge in [0.2, 0.25) is 0 Å². The van der Waals surface area contributed by atoms with E-state index in [2.05, 4.69) is 34.1 Å². The zero-order chi connectivity index (χ0) is 9.76. The Kier molecular flexibility index (Phi) is 1.80. The Morgan fingerprint density at radius 3 is 2.86 bits per heavy atom. The molecule has 1 atom stereocenters. The lowest BCUT2D eigenvalue weighted by atomic mass is 9.98. The first-order valence-corrected chi connectivity index (χ1v) is 6.05. The molecular formula is C12H14BrN. The fourth-order valence-electron chi connectivity index (χ4n) is 2.94. The molecule has 74 valence electrons. The minimum Gasteiger partial charge on any atom is -0.330 e. The molecule has 1 nitrogen and oxygen atoms in total. The minimum atomic E-state index is 0.513. The Labute approximate surface area is 92.8 Å². The molecule has 1 fully saturated rings. The fourth-order valence-corrected chi connectivity index (χ4v) is 3.74. The number of hydrogen-bond donors (Lipinski definition) is 1. The van der Waals surface area contributed by atoms with Crippen molar-refractivity contribution in [2.75, 3.05) is 6.54 Å². The number of rotatable bonds is 1. The maximum Gasteiger partial charge on any atom is 0.0215 e. The molecule has 1 spiro atoms. The molecule has 2 N–H and O–H groups in total. The van der Waals surface area contributed by atoms with E-state index in [4.69, 9.17) is 5.73 Å². The van der Waals surface area contributed by atoms with Gasteiger partial charge in [0.25, 0.3) is 0 Å². The van der Waals surface area contributed by atoms with E-state index in [0.29, 0.717) is 11.3 Å². The molecule has 1 aromatic carbocycles. The van der Waals surface area contributed by atoms with Crippen molar-refractivity contribution in [3.8, 4) is 0 Å². The smallest absolute Gasteiger partial charge is 0.0215 e. The number of hydrogen-bond acceptors (Lipinski definition) is 1. The summed E-state index contributed by atoms with van der Waals surface area (Å²) in [6.07, 6.45) is 4.00. The van der Waals surface area contributed by atoms with Gasteiger partial charge in [-0.05, 0) is 54.3 Å². The van der Waals surface area contributed by atoms with Crippen LogP contribution in [0.15, 0.2) is 22.7 Å². The van der Waals surface area contributed by atoms with Gasteiger partial charge in [-0.15, -0.1) is 0 Å². The zero-order valence-corrected chi connectivity index (χ0v) is 9.68. The van der Waals surface area contributed by atoms with E-state index in [1.54, 1.807) is 5.56 Å². The molecule has 0 saturated heterocycles. The van der Waals surface area contributed by atoms with Crippen LogP contribution in [-0.2, 0) is 5.41 Å². The van der Waals surface area contributed by atoms with Gasteiger partial charge < -0.3 is 5.73 Å². The third-order valence-corrected chi connectivity index (χ3v) is 4.45. The molecule has 0 heterocycles. The Hall–Kier alpha value is -0.340. The van der Waals surface area contributed by atoms with Crippen molar-refractivity contribution in [3.05, 3.63) is 33.8 Å². The minimum absolute atomic E-state index is 0.513. The molecule has 2 heteroatoms. The monoisotopic (exact) mass is 251 g/mol. The molecule has 0 amide bonds. The Morgan fingerprint density at radius 1 is 1.43 bits per heavy atom. The van der Waals surface area contributed by atoms with E-state index >= 15 is 0 Å². The van der Waals surface area contributed by atoms with Crippen LogP contribution in [0.3, 0.4) is 0 Å².